The minimum Gasteiger partial charge on any atom is -0.504 e. The number of esters is 2. The van der Waals surface area contributed by atoms with Crippen molar-refractivity contribution < 1.29 is 44.6 Å². The number of cyclic esters (lactones) is 2. The summed E-state index contributed by atoms with van der Waals surface area (Å²) in [7, 11) is 0. The first-order chi connectivity index (χ1) is 13.7. The Balaban J connectivity index is 2.40. The van der Waals surface area contributed by atoms with Gasteiger partial charge in [-0.1, -0.05) is 0 Å². The standard InChI is InChI=1S/C19H19NO9/c20-14-12-8(6-10(21)15(14)23)18(26)28-4-2-1-3-5-29-19(27)9-7-11(22)16(24)17(25)13(9)12/h6-7,21-25H,1-5,20H2. The van der Waals surface area contributed by atoms with Crippen LogP contribution >= 0.6 is 0 Å². The van der Waals surface area contributed by atoms with Gasteiger partial charge in [0.25, 0.3) is 0 Å². The number of rotatable bonds is 0. The number of nitrogen functional groups attached to an aromatic ring is 1. The third-order valence-corrected chi connectivity index (χ3v) is 4.52. The lowest BCUT2D eigenvalue weighted by Gasteiger charge is -2.18. The Morgan fingerprint density at radius 2 is 1.17 bits per heavy atom. The van der Waals surface area contributed by atoms with Gasteiger partial charge in [0, 0.05) is 11.1 Å². The number of carbonyl (C=O) groups excluding carboxylic acids is 2. The number of hydrogen-bond donors (Lipinski definition) is 6. The second kappa shape index (κ2) is 7.66. The lowest BCUT2D eigenvalue weighted by molar-refractivity contribution is 0.0481. The molecule has 0 amide bonds. The number of fused-ring (bicyclic) bond motifs is 3. The van der Waals surface area contributed by atoms with E-state index in [1.807, 2.05) is 0 Å². The van der Waals surface area contributed by atoms with Gasteiger partial charge in [0.2, 0.25) is 5.75 Å². The molecule has 0 saturated heterocycles. The highest BCUT2D eigenvalue weighted by Gasteiger charge is 2.31. The molecule has 154 valence electrons. The Morgan fingerprint density at radius 3 is 1.72 bits per heavy atom. The van der Waals surface area contributed by atoms with Crippen molar-refractivity contribution in [1.82, 2.24) is 0 Å². The molecule has 0 fully saturated rings. The van der Waals surface area contributed by atoms with E-state index < -0.39 is 57.5 Å². The van der Waals surface area contributed by atoms with Crippen LogP contribution < -0.4 is 5.73 Å². The van der Waals surface area contributed by atoms with Gasteiger partial charge in [-0.05, 0) is 31.4 Å². The average molecular weight is 405 g/mol. The zero-order valence-electron chi connectivity index (χ0n) is 15.1. The number of hydrogen-bond acceptors (Lipinski definition) is 10. The molecule has 1 heterocycles. The number of nitrogens with two attached hydrogens (primary N) is 1. The number of carbonyl (C=O) groups is 2. The van der Waals surface area contributed by atoms with Crippen LogP contribution in [0.1, 0.15) is 40.0 Å². The van der Waals surface area contributed by atoms with E-state index in [-0.39, 0.29) is 24.3 Å². The third-order valence-electron chi connectivity index (χ3n) is 4.52. The van der Waals surface area contributed by atoms with Crippen LogP contribution in [0.2, 0.25) is 0 Å². The van der Waals surface area contributed by atoms with E-state index in [1.165, 1.54) is 0 Å². The second-order valence-electron chi connectivity index (χ2n) is 6.43. The normalized spacial score (nSPS) is 15.0. The van der Waals surface area contributed by atoms with Gasteiger partial charge < -0.3 is 40.7 Å². The van der Waals surface area contributed by atoms with E-state index in [0.717, 1.165) is 12.1 Å². The van der Waals surface area contributed by atoms with Crippen molar-refractivity contribution in [3.05, 3.63) is 23.3 Å². The van der Waals surface area contributed by atoms with Crippen molar-refractivity contribution in [3.63, 3.8) is 0 Å². The molecule has 7 N–H and O–H groups in total. The lowest BCUT2D eigenvalue weighted by atomic mass is 9.91. The Hall–Kier alpha value is -3.82. The minimum absolute atomic E-state index is 0.0256. The van der Waals surface area contributed by atoms with E-state index in [4.69, 9.17) is 15.2 Å². The van der Waals surface area contributed by atoms with Crippen molar-refractivity contribution in [2.24, 2.45) is 0 Å². The summed E-state index contributed by atoms with van der Waals surface area (Å²) in [6.07, 6.45) is 1.55. The summed E-state index contributed by atoms with van der Waals surface area (Å²) in [6, 6.07) is 1.70. The molecule has 0 bridgehead atoms. The summed E-state index contributed by atoms with van der Waals surface area (Å²) in [5.74, 6) is -6.21. The molecule has 0 saturated carbocycles. The van der Waals surface area contributed by atoms with Gasteiger partial charge in [0.15, 0.2) is 23.0 Å². The maximum Gasteiger partial charge on any atom is 0.339 e. The molecular weight excluding hydrogens is 386 g/mol. The maximum absolute atomic E-state index is 12.6. The number of phenolic OH excluding ortho intramolecular Hbond substituents is 5. The summed E-state index contributed by atoms with van der Waals surface area (Å²) in [6.45, 7) is 0.0607. The smallest absolute Gasteiger partial charge is 0.339 e. The Labute approximate surface area is 164 Å². The molecule has 0 unspecified atom stereocenters. The van der Waals surface area contributed by atoms with Gasteiger partial charge >= 0.3 is 11.9 Å². The van der Waals surface area contributed by atoms with Crippen LogP contribution in [-0.2, 0) is 9.47 Å². The van der Waals surface area contributed by atoms with Crippen LogP contribution in [0, 0.1) is 0 Å². The summed E-state index contributed by atoms with van der Waals surface area (Å²) >= 11 is 0. The van der Waals surface area contributed by atoms with E-state index in [0.29, 0.717) is 19.3 Å². The Kier molecular flexibility index (Phi) is 5.26. The van der Waals surface area contributed by atoms with E-state index in [1.54, 1.807) is 0 Å². The number of anilines is 1. The molecule has 3 rings (SSSR count). The monoisotopic (exact) mass is 405 g/mol. The molecule has 0 aromatic heterocycles. The second-order valence-corrected chi connectivity index (χ2v) is 6.43. The molecule has 0 atom stereocenters. The molecule has 1 aliphatic rings. The van der Waals surface area contributed by atoms with Crippen LogP contribution in [0.25, 0.3) is 11.1 Å². The van der Waals surface area contributed by atoms with E-state index in [9.17, 15) is 35.1 Å². The van der Waals surface area contributed by atoms with Crippen LogP contribution in [0.15, 0.2) is 12.1 Å². The van der Waals surface area contributed by atoms with Crippen molar-refractivity contribution in [2.45, 2.75) is 19.3 Å². The van der Waals surface area contributed by atoms with Crippen LogP contribution in [0.5, 0.6) is 28.7 Å². The first-order valence-corrected chi connectivity index (χ1v) is 8.71. The SMILES string of the molecule is Nc1c(O)c(O)cc2c1-c1c(cc(O)c(O)c1O)C(=O)OCCCCCOC2=O. The molecular formula is C19H19NO9. The summed E-state index contributed by atoms with van der Waals surface area (Å²) in [5, 5.41) is 50.2. The average Bonchev–Trinajstić information content (AvgIpc) is 2.69. The van der Waals surface area contributed by atoms with Gasteiger partial charge in [-0.15, -0.1) is 0 Å². The predicted octanol–water partition coefficient (Wildman–Crippen LogP) is 1.96. The molecule has 10 heteroatoms. The molecule has 0 spiro atoms. The van der Waals surface area contributed by atoms with Gasteiger partial charge in [-0.2, -0.15) is 0 Å². The van der Waals surface area contributed by atoms with Gasteiger partial charge in [-0.3, -0.25) is 0 Å². The summed E-state index contributed by atoms with van der Waals surface area (Å²) < 4.78 is 10.3. The fraction of sp³-hybridized carbons (Fsp3) is 0.263. The van der Waals surface area contributed by atoms with Crippen LogP contribution in [0.4, 0.5) is 5.69 Å². The molecule has 0 radical (unpaired) electrons. The molecule has 0 aliphatic carbocycles. The molecule has 2 aromatic rings. The van der Waals surface area contributed by atoms with Crippen LogP contribution in [-0.4, -0.2) is 50.7 Å². The molecule has 29 heavy (non-hydrogen) atoms. The zero-order chi connectivity index (χ0) is 21.3. The predicted molar refractivity (Wildman–Crippen MR) is 99.0 cm³/mol. The van der Waals surface area contributed by atoms with E-state index in [2.05, 4.69) is 0 Å². The Morgan fingerprint density at radius 1 is 0.690 bits per heavy atom. The zero-order valence-corrected chi connectivity index (χ0v) is 15.1. The van der Waals surface area contributed by atoms with Crippen molar-refractivity contribution in [3.8, 4) is 39.9 Å². The van der Waals surface area contributed by atoms with E-state index >= 15 is 0 Å². The Bertz CT molecular complexity index is 921. The van der Waals surface area contributed by atoms with Gasteiger partial charge in [-0.25, -0.2) is 9.59 Å². The first-order valence-electron chi connectivity index (χ1n) is 8.71. The highest BCUT2D eigenvalue weighted by molar-refractivity contribution is 6.09. The fourth-order valence-corrected chi connectivity index (χ4v) is 3.03. The minimum atomic E-state index is -0.979. The van der Waals surface area contributed by atoms with Crippen molar-refractivity contribution in [2.75, 3.05) is 18.9 Å². The van der Waals surface area contributed by atoms with Gasteiger partial charge in [0.1, 0.15) is 0 Å². The number of aromatic hydroxyl groups is 5. The molecule has 10 nitrogen and oxygen atoms in total. The number of benzene rings is 2. The largest absolute Gasteiger partial charge is 0.504 e. The molecule has 1 aliphatic heterocycles. The summed E-state index contributed by atoms with van der Waals surface area (Å²) in [5.41, 5.74) is 3.69. The lowest BCUT2D eigenvalue weighted by Crippen LogP contribution is -2.12. The number of ether oxygens (including phenoxy) is 2. The summed E-state index contributed by atoms with van der Waals surface area (Å²) in [4.78, 5) is 25.2. The maximum atomic E-state index is 12.6. The van der Waals surface area contributed by atoms with Crippen LogP contribution in [0.3, 0.4) is 0 Å². The third kappa shape index (κ3) is 3.51. The quantitative estimate of drug-likeness (QED) is 0.215. The van der Waals surface area contributed by atoms with Crippen molar-refractivity contribution >= 4 is 17.6 Å². The number of phenols is 5. The van der Waals surface area contributed by atoms with Gasteiger partial charge in [0.05, 0.1) is 30.0 Å². The molecule has 2 aromatic carbocycles. The fourth-order valence-electron chi connectivity index (χ4n) is 3.03. The topological polar surface area (TPSA) is 180 Å². The highest BCUT2D eigenvalue weighted by Crippen LogP contribution is 2.51. The highest BCUT2D eigenvalue weighted by atomic mass is 16.5. The van der Waals surface area contributed by atoms with Crippen molar-refractivity contribution in [1.29, 1.82) is 0 Å². The first kappa shape index (κ1) is 19.9.